The lowest BCUT2D eigenvalue weighted by molar-refractivity contribution is -0.147. The zero-order chi connectivity index (χ0) is 22.0. The summed E-state index contributed by atoms with van der Waals surface area (Å²) in [5.74, 6) is -0.267. The predicted molar refractivity (Wildman–Crippen MR) is 121 cm³/mol. The van der Waals surface area contributed by atoms with Crippen molar-refractivity contribution in [1.82, 2.24) is 15.3 Å². The van der Waals surface area contributed by atoms with Gasteiger partial charge in [-0.2, -0.15) is 0 Å². The van der Waals surface area contributed by atoms with Gasteiger partial charge in [-0.3, -0.25) is 4.79 Å². The summed E-state index contributed by atoms with van der Waals surface area (Å²) in [4.78, 5) is 35.8. The topological polar surface area (TPSA) is 107 Å². The second-order valence-corrected chi connectivity index (χ2v) is 9.04. The number of thiophene rings is 1. The van der Waals surface area contributed by atoms with E-state index in [-0.39, 0.29) is 6.61 Å². The molecule has 9 heteroatoms. The summed E-state index contributed by atoms with van der Waals surface area (Å²) in [5, 5.41) is 3.85. The van der Waals surface area contributed by atoms with Crippen molar-refractivity contribution in [3.63, 3.8) is 0 Å². The fraction of sp³-hybridized carbons (Fsp3) is 0.364. The number of ether oxygens (including phenoxy) is 1. The summed E-state index contributed by atoms with van der Waals surface area (Å²) in [6.07, 6.45) is 5.59. The maximum atomic E-state index is 12.4. The first-order chi connectivity index (χ1) is 14.9. The summed E-state index contributed by atoms with van der Waals surface area (Å²) < 4.78 is 5.32. The molecule has 1 atom stereocenters. The van der Waals surface area contributed by atoms with Crippen LogP contribution < -0.4 is 11.1 Å². The number of amides is 1. The average molecular weight is 459 g/mol. The number of nitrogens with zero attached hydrogens (tertiary/aromatic N) is 2. The van der Waals surface area contributed by atoms with Gasteiger partial charge in [-0.1, -0.05) is 30.2 Å². The Bertz CT molecular complexity index is 1150. The van der Waals surface area contributed by atoms with Crippen molar-refractivity contribution < 1.29 is 14.3 Å². The largest absolute Gasteiger partial charge is 0.456 e. The second kappa shape index (κ2) is 9.20. The van der Waals surface area contributed by atoms with Crippen molar-refractivity contribution in [3.05, 3.63) is 51.1 Å². The molecule has 1 aromatic carbocycles. The highest BCUT2D eigenvalue weighted by atomic mass is 35.5. The van der Waals surface area contributed by atoms with E-state index in [4.69, 9.17) is 22.1 Å². The van der Waals surface area contributed by atoms with Crippen molar-refractivity contribution >= 4 is 50.8 Å². The van der Waals surface area contributed by atoms with Crippen LogP contribution in [-0.4, -0.2) is 27.9 Å². The van der Waals surface area contributed by atoms with Crippen molar-refractivity contribution in [3.8, 4) is 0 Å². The fourth-order valence-corrected chi connectivity index (χ4v) is 5.22. The van der Waals surface area contributed by atoms with Crippen molar-refractivity contribution in [1.29, 1.82) is 0 Å². The van der Waals surface area contributed by atoms with Crippen LogP contribution in [0.3, 0.4) is 0 Å². The number of benzene rings is 1. The van der Waals surface area contributed by atoms with Crippen molar-refractivity contribution in [2.45, 2.75) is 51.7 Å². The number of carbonyl (C=O) groups is 2. The number of hydrogen-bond acceptors (Lipinski definition) is 7. The van der Waals surface area contributed by atoms with Crippen molar-refractivity contribution in [2.24, 2.45) is 0 Å². The highest BCUT2D eigenvalue weighted by molar-refractivity contribution is 7.19. The zero-order valence-electron chi connectivity index (χ0n) is 17.1. The van der Waals surface area contributed by atoms with Crippen LogP contribution in [0, 0.1) is 0 Å². The molecule has 0 radical (unpaired) electrons. The van der Waals surface area contributed by atoms with Gasteiger partial charge in [-0.05, 0) is 50.3 Å². The molecule has 7 nitrogen and oxygen atoms in total. The van der Waals surface area contributed by atoms with Gasteiger partial charge >= 0.3 is 5.97 Å². The molecule has 1 amide bonds. The number of halogens is 1. The zero-order valence-corrected chi connectivity index (χ0v) is 18.7. The number of fused-ring (bicyclic) bond motifs is 3. The van der Waals surface area contributed by atoms with Crippen LogP contribution in [0.1, 0.15) is 52.8 Å². The predicted octanol–water partition coefficient (Wildman–Crippen LogP) is 4.06. The van der Waals surface area contributed by atoms with Gasteiger partial charge in [0.2, 0.25) is 0 Å². The summed E-state index contributed by atoms with van der Waals surface area (Å²) in [7, 11) is 0. The molecule has 0 unspecified atom stereocenters. The lowest BCUT2D eigenvalue weighted by Gasteiger charge is -2.14. The van der Waals surface area contributed by atoms with Crippen LogP contribution >= 0.6 is 22.9 Å². The molecule has 31 heavy (non-hydrogen) atoms. The molecule has 0 bridgehead atoms. The molecule has 3 N–H and O–H groups in total. The van der Waals surface area contributed by atoms with Crippen LogP contribution in [0.4, 0.5) is 5.82 Å². The molecule has 4 rings (SSSR count). The van der Waals surface area contributed by atoms with E-state index >= 15 is 0 Å². The van der Waals surface area contributed by atoms with Crippen LogP contribution in [0.25, 0.3) is 10.2 Å². The number of carbonyl (C=O) groups excluding carboxylic acids is 2. The maximum absolute atomic E-state index is 12.4. The number of nitrogens with two attached hydrogens (primary N) is 1. The van der Waals surface area contributed by atoms with E-state index in [0.717, 1.165) is 29.5 Å². The highest BCUT2D eigenvalue weighted by Gasteiger charge is 2.22. The third-order valence-electron chi connectivity index (χ3n) is 5.30. The lowest BCUT2D eigenvalue weighted by Crippen LogP contribution is -2.39. The Balaban J connectivity index is 1.42. The van der Waals surface area contributed by atoms with E-state index in [1.165, 1.54) is 23.3 Å². The van der Waals surface area contributed by atoms with E-state index in [1.54, 1.807) is 42.5 Å². The smallest absolute Gasteiger partial charge is 0.328 e. The van der Waals surface area contributed by atoms with E-state index < -0.39 is 17.9 Å². The summed E-state index contributed by atoms with van der Waals surface area (Å²) in [6, 6.07) is 5.77. The molecule has 0 saturated heterocycles. The third kappa shape index (κ3) is 4.65. The number of aryl methyl sites for hydroxylation is 2. The number of rotatable bonds is 5. The summed E-state index contributed by atoms with van der Waals surface area (Å²) in [5.41, 5.74) is 7.80. The van der Waals surface area contributed by atoms with Gasteiger partial charge in [0.1, 0.15) is 16.7 Å². The molecule has 3 aromatic rings. The first-order valence-corrected chi connectivity index (χ1v) is 11.4. The number of anilines is 1. The lowest BCUT2D eigenvalue weighted by atomic mass is 10.1. The first-order valence-electron chi connectivity index (χ1n) is 10.2. The Morgan fingerprint density at radius 3 is 2.81 bits per heavy atom. The van der Waals surface area contributed by atoms with Crippen LogP contribution in [0.5, 0.6) is 0 Å². The Kier molecular flexibility index (Phi) is 6.38. The SMILES string of the molecule is C[C@H](NC(=O)c1ccccc1Cl)C(=O)OCc1nc(N)c2c3c(sc2n1)CCCCC3. The van der Waals surface area contributed by atoms with Gasteiger partial charge < -0.3 is 15.8 Å². The average Bonchev–Trinajstić information content (AvgIpc) is 2.94. The summed E-state index contributed by atoms with van der Waals surface area (Å²) >= 11 is 7.68. The van der Waals surface area contributed by atoms with Crippen LogP contribution in [-0.2, 0) is 29.0 Å². The minimum Gasteiger partial charge on any atom is -0.456 e. The quantitative estimate of drug-likeness (QED) is 0.441. The van der Waals surface area contributed by atoms with Gasteiger partial charge in [-0.25, -0.2) is 14.8 Å². The van der Waals surface area contributed by atoms with E-state index in [1.807, 2.05) is 0 Å². The van der Waals surface area contributed by atoms with Gasteiger partial charge in [-0.15, -0.1) is 11.3 Å². The first kappa shape index (κ1) is 21.5. The highest BCUT2D eigenvalue weighted by Crippen LogP contribution is 2.37. The number of esters is 1. The van der Waals surface area contributed by atoms with Gasteiger partial charge in [0.05, 0.1) is 16.0 Å². The fourth-order valence-electron chi connectivity index (χ4n) is 3.71. The number of nitrogens with one attached hydrogen (secondary N) is 1. The second-order valence-electron chi connectivity index (χ2n) is 7.55. The third-order valence-corrected chi connectivity index (χ3v) is 6.82. The molecule has 0 aliphatic heterocycles. The number of aromatic nitrogens is 2. The van der Waals surface area contributed by atoms with Gasteiger partial charge in [0.25, 0.3) is 5.91 Å². The van der Waals surface area contributed by atoms with E-state index in [9.17, 15) is 9.59 Å². The van der Waals surface area contributed by atoms with Gasteiger partial charge in [0.15, 0.2) is 12.4 Å². The molecular weight excluding hydrogens is 436 g/mol. The molecule has 2 heterocycles. The molecule has 1 aliphatic carbocycles. The van der Waals surface area contributed by atoms with Crippen molar-refractivity contribution in [2.75, 3.05) is 5.73 Å². The molecule has 162 valence electrons. The minimum atomic E-state index is -0.859. The Labute approximate surface area is 189 Å². The molecule has 0 fully saturated rings. The number of hydrogen-bond donors (Lipinski definition) is 2. The van der Waals surface area contributed by atoms with E-state index in [0.29, 0.717) is 22.2 Å². The maximum Gasteiger partial charge on any atom is 0.328 e. The summed E-state index contributed by atoms with van der Waals surface area (Å²) in [6.45, 7) is 1.43. The van der Waals surface area contributed by atoms with E-state index in [2.05, 4.69) is 15.3 Å². The minimum absolute atomic E-state index is 0.117. The normalized spacial score (nSPS) is 14.5. The Morgan fingerprint density at radius 2 is 2.00 bits per heavy atom. The van der Waals surface area contributed by atoms with Crippen LogP contribution in [0.2, 0.25) is 5.02 Å². The Hall–Kier alpha value is -2.71. The number of nitrogen functional groups attached to an aromatic ring is 1. The standard InChI is InChI=1S/C22H23ClN4O3S/c1-12(25-20(28)13-7-5-6-9-15(13)23)22(29)30-11-17-26-19(24)18-14-8-3-2-4-10-16(14)31-21(18)27-17/h5-7,9,12H,2-4,8,10-11H2,1H3,(H,25,28)(H2,24,26,27)/t12-/m0/s1. The molecule has 2 aromatic heterocycles. The van der Waals surface area contributed by atoms with Crippen LogP contribution in [0.15, 0.2) is 24.3 Å². The molecule has 0 spiro atoms. The molecule has 0 saturated carbocycles. The molecular formula is C22H23ClN4O3S. The molecule has 1 aliphatic rings. The monoisotopic (exact) mass is 458 g/mol. The Morgan fingerprint density at radius 1 is 1.23 bits per heavy atom. The van der Waals surface area contributed by atoms with Gasteiger partial charge in [0, 0.05) is 4.88 Å².